The molecular formula is C13H27NO. The number of rotatable bonds is 6. The number of nitrogens with two attached hydrogens (primary N) is 1. The molecule has 0 heterocycles. The molecule has 1 rings (SSSR count). The van der Waals surface area contributed by atoms with Crippen molar-refractivity contribution in [3.63, 3.8) is 0 Å². The molecule has 1 aliphatic rings. The van der Waals surface area contributed by atoms with Crippen molar-refractivity contribution in [3.8, 4) is 0 Å². The third-order valence-corrected chi connectivity index (χ3v) is 3.61. The predicted octanol–water partition coefficient (Wildman–Crippen LogP) is 2.81. The molecular weight excluding hydrogens is 186 g/mol. The van der Waals surface area contributed by atoms with Gasteiger partial charge in [-0.25, -0.2) is 0 Å². The monoisotopic (exact) mass is 213 g/mol. The zero-order valence-corrected chi connectivity index (χ0v) is 10.6. The van der Waals surface area contributed by atoms with Crippen LogP contribution in [0.4, 0.5) is 0 Å². The van der Waals surface area contributed by atoms with Crippen LogP contribution < -0.4 is 5.73 Å². The highest BCUT2D eigenvalue weighted by Crippen LogP contribution is 2.43. The van der Waals surface area contributed by atoms with Crippen molar-refractivity contribution < 1.29 is 4.74 Å². The molecule has 2 nitrogen and oxygen atoms in total. The molecule has 0 saturated heterocycles. The van der Waals surface area contributed by atoms with Gasteiger partial charge in [-0.05, 0) is 43.1 Å². The highest BCUT2D eigenvalue weighted by atomic mass is 16.5. The molecule has 0 amide bonds. The summed E-state index contributed by atoms with van der Waals surface area (Å²) >= 11 is 0. The van der Waals surface area contributed by atoms with E-state index in [-0.39, 0.29) is 0 Å². The fourth-order valence-corrected chi connectivity index (χ4v) is 2.62. The minimum absolute atomic E-state index is 0.399. The van der Waals surface area contributed by atoms with Gasteiger partial charge in [-0.3, -0.25) is 0 Å². The number of ether oxygens (including phenoxy) is 1. The molecule has 0 radical (unpaired) electrons. The molecule has 1 aliphatic carbocycles. The molecule has 1 fully saturated rings. The molecule has 0 aromatic carbocycles. The second-order valence-corrected chi connectivity index (χ2v) is 5.77. The van der Waals surface area contributed by atoms with Gasteiger partial charge in [0.05, 0.1) is 0 Å². The van der Waals surface area contributed by atoms with Gasteiger partial charge in [-0.1, -0.05) is 27.2 Å². The molecule has 2 N–H and O–H groups in total. The third kappa shape index (κ3) is 4.12. The Morgan fingerprint density at radius 1 is 1.47 bits per heavy atom. The van der Waals surface area contributed by atoms with E-state index in [1.165, 1.54) is 19.3 Å². The Hall–Kier alpha value is -0.0800. The zero-order chi connectivity index (χ0) is 11.3. The van der Waals surface area contributed by atoms with Crippen LogP contribution in [0.5, 0.6) is 0 Å². The highest BCUT2D eigenvalue weighted by molar-refractivity contribution is 4.88. The molecule has 90 valence electrons. The lowest BCUT2D eigenvalue weighted by Crippen LogP contribution is -2.29. The first kappa shape index (κ1) is 13.0. The predicted molar refractivity (Wildman–Crippen MR) is 64.8 cm³/mol. The third-order valence-electron chi connectivity index (χ3n) is 3.61. The molecule has 0 bridgehead atoms. The lowest BCUT2D eigenvalue weighted by atomic mass is 9.82. The average Bonchev–Trinajstić information content (AvgIpc) is 2.56. The number of hydrogen-bond acceptors (Lipinski definition) is 2. The van der Waals surface area contributed by atoms with Crippen LogP contribution in [0.25, 0.3) is 0 Å². The van der Waals surface area contributed by atoms with Gasteiger partial charge >= 0.3 is 0 Å². The van der Waals surface area contributed by atoms with E-state index >= 15 is 0 Å². The maximum Gasteiger partial charge on any atom is 0.0488 e. The Morgan fingerprint density at radius 3 is 2.67 bits per heavy atom. The van der Waals surface area contributed by atoms with E-state index in [0.717, 1.165) is 32.1 Å². The van der Waals surface area contributed by atoms with Crippen molar-refractivity contribution >= 4 is 0 Å². The Morgan fingerprint density at radius 2 is 2.20 bits per heavy atom. The first-order valence-electron chi connectivity index (χ1n) is 6.36. The summed E-state index contributed by atoms with van der Waals surface area (Å²) in [6.45, 7) is 9.33. The van der Waals surface area contributed by atoms with Gasteiger partial charge in [0.1, 0.15) is 0 Å². The van der Waals surface area contributed by atoms with E-state index in [1.807, 2.05) is 0 Å². The Labute approximate surface area is 94.6 Å². The lowest BCUT2D eigenvalue weighted by molar-refractivity contribution is 0.0784. The van der Waals surface area contributed by atoms with Crippen LogP contribution in [0.3, 0.4) is 0 Å². The van der Waals surface area contributed by atoms with Gasteiger partial charge in [0, 0.05) is 13.2 Å². The smallest absolute Gasteiger partial charge is 0.0488 e. The summed E-state index contributed by atoms with van der Waals surface area (Å²) in [5.41, 5.74) is 6.32. The highest BCUT2D eigenvalue weighted by Gasteiger charge is 2.35. The maximum absolute atomic E-state index is 5.92. The Kier molecular flexibility index (Phi) is 5.07. The second kappa shape index (κ2) is 5.86. The van der Waals surface area contributed by atoms with Gasteiger partial charge in [-0.2, -0.15) is 0 Å². The maximum atomic E-state index is 5.92. The van der Waals surface area contributed by atoms with Crippen LogP contribution in [0.1, 0.15) is 46.5 Å². The molecule has 2 unspecified atom stereocenters. The number of hydrogen-bond donors (Lipinski definition) is 1. The van der Waals surface area contributed by atoms with Crippen LogP contribution in [-0.4, -0.2) is 19.8 Å². The quantitative estimate of drug-likeness (QED) is 0.689. The van der Waals surface area contributed by atoms with Crippen molar-refractivity contribution in [2.24, 2.45) is 23.0 Å². The molecule has 2 atom stereocenters. The van der Waals surface area contributed by atoms with Crippen molar-refractivity contribution in [2.45, 2.75) is 46.5 Å². The molecule has 0 aliphatic heterocycles. The summed E-state index contributed by atoms with van der Waals surface area (Å²) in [5.74, 6) is 1.50. The minimum atomic E-state index is 0.399. The minimum Gasteiger partial charge on any atom is -0.381 e. The van der Waals surface area contributed by atoms with Gasteiger partial charge in [0.15, 0.2) is 0 Å². The first-order valence-corrected chi connectivity index (χ1v) is 6.36. The molecule has 2 heteroatoms. The van der Waals surface area contributed by atoms with E-state index in [4.69, 9.17) is 10.5 Å². The Balaban J connectivity index is 2.22. The lowest BCUT2D eigenvalue weighted by Gasteiger charge is -2.27. The van der Waals surface area contributed by atoms with Gasteiger partial charge < -0.3 is 10.5 Å². The van der Waals surface area contributed by atoms with E-state index in [0.29, 0.717) is 11.3 Å². The van der Waals surface area contributed by atoms with E-state index < -0.39 is 0 Å². The van der Waals surface area contributed by atoms with Crippen LogP contribution >= 0.6 is 0 Å². The second-order valence-electron chi connectivity index (χ2n) is 5.77. The molecule has 0 spiro atoms. The summed E-state index contributed by atoms with van der Waals surface area (Å²) in [6.07, 6.45) is 5.10. The standard InChI is InChI=1S/C13H27NO/c1-11(2)9-15-7-6-13(10-14)5-4-12(3)8-13/h11-12H,4-10,14H2,1-3H3. The van der Waals surface area contributed by atoms with E-state index in [2.05, 4.69) is 20.8 Å². The van der Waals surface area contributed by atoms with Crippen LogP contribution in [-0.2, 0) is 4.74 Å². The van der Waals surface area contributed by atoms with Crippen molar-refractivity contribution in [1.29, 1.82) is 0 Å². The van der Waals surface area contributed by atoms with Crippen molar-refractivity contribution in [3.05, 3.63) is 0 Å². The fourth-order valence-electron chi connectivity index (χ4n) is 2.62. The molecule has 0 aromatic heterocycles. The average molecular weight is 213 g/mol. The van der Waals surface area contributed by atoms with E-state index in [1.54, 1.807) is 0 Å². The summed E-state index contributed by atoms with van der Waals surface area (Å²) in [7, 11) is 0. The molecule has 1 saturated carbocycles. The zero-order valence-electron chi connectivity index (χ0n) is 10.6. The largest absolute Gasteiger partial charge is 0.381 e. The van der Waals surface area contributed by atoms with Crippen molar-refractivity contribution in [2.75, 3.05) is 19.8 Å². The summed E-state index contributed by atoms with van der Waals surface area (Å²) < 4.78 is 5.66. The summed E-state index contributed by atoms with van der Waals surface area (Å²) in [4.78, 5) is 0. The summed E-state index contributed by atoms with van der Waals surface area (Å²) in [5, 5.41) is 0. The van der Waals surface area contributed by atoms with Gasteiger partial charge in [0.2, 0.25) is 0 Å². The topological polar surface area (TPSA) is 35.2 Å². The molecule has 0 aromatic rings. The SMILES string of the molecule is CC(C)COCCC1(CN)CCC(C)C1. The Bertz CT molecular complexity index is 181. The summed E-state index contributed by atoms with van der Waals surface area (Å²) in [6, 6.07) is 0. The van der Waals surface area contributed by atoms with Gasteiger partial charge in [-0.15, -0.1) is 0 Å². The van der Waals surface area contributed by atoms with Crippen LogP contribution in [0, 0.1) is 17.3 Å². The van der Waals surface area contributed by atoms with Gasteiger partial charge in [0.25, 0.3) is 0 Å². The first-order chi connectivity index (χ1) is 7.08. The normalized spacial score (nSPS) is 31.4. The van der Waals surface area contributed by atoms with Crippen LogP contribution in [0.2, 0.25) is 0 Å². The van der Waals surface area contributed by atoms with Crippen molar-refractivity contribution in [1.82, 2.24) is 0 Å². The fraction of sp³-hybridized carbons (Fsp3) is 1.00. The van der Waals surface area contributed by atoms with Crippen LogP contribution in [0.15, 0.2) is 0 Å². The molecule has 15 heavy (non-hydrogen) atoms. The van der Waals surface area contributed by atoms with E-state index in [9.17, 15) is 0 Å².